The van der Waals surface area contributed by atoms with Crippen molar-refractivity contribution in [2.24, 2.45) is 0 Å². The maximum atomic E-state index is 13.0. The van der Waals surface area contributed by atoms with Crippen molar-refractivity contribution in [1.29, 1.82) is 0 Å². The summed E-state index contributed by atoms with van der Waals surface area (Å²) in [4.78, 5) is 50.5. The molecule has 0 bridgehead atoms. The Labute approximate surface area is 184 Å². The van der Waals surface area contributed by atoms with Crippen LogP contribution < -0.4 is 10.1 Å². The quantitative estimate of drug-likeness (QED) is 0.487. The molecule has 7 nitrogen and oxygen atoms in total. The summed E-state index contributed by atoms with van der Waals surface area (Å²) >= 11 is 0. The van der Waals surface area contributed by atoms with Crippen LogP contribution in [0.15, 0.2) is 60.7 Å². The van der Waals surface area contributed by atoms with Gasteiger partial charge in [-0.05, 0) is 30.7 Å². The number of anilines is 1. The number of esters is 1. The molecule has 1 aliphatic rings. The van der Waals surface area contributed by atoms with Gasteiger partial charge < -0.3 is 14.8 Å². The van der Waals surface area contributed by atoms with Crippen molar-refractivity contribution in [2.75, 3.05) is 19.0 Å². The molecule has 7 heteroatoms. The van der Waals surface area contributed by atoms with Crippen molar-refractivity contribution in [3.63, 3.8) is 0 Å². The first kappa shape index (κ1) is 21.0. The van der Waals surface area contributed by atoms with Crippen LogP contribution in [0.2, 0.25) is 0 Å². The van der Waals surface area contributed by atoms with Crippen molar-refractivity contribution in [2.45, 2.75) is 6.92 Å². The van der Waals surface area contributed by atoms with E-state index in [1.54, 1.807) is 48.5 Å². The third-order valence-corrected chi connectivity index (χ3v) is 5.20. The number of fused-ring (bicyclic) bond motifs is 2. The molecule has 1 aliphatic carbocycles. The fourth-order valence-corrected chi connectivity index (χ4v) is 3.60. The Morgan fingerprint density at radius 2 is 1.56 bits per heavy atom. The number of benzene rings is 3. The highest BCUT2D eigenvalue weighted by Gasteiger charge is 2.31. The molecule has 160 valence electrons. The molecule has 0 fully saturated rings. The second-order valence-electron chi connectivity index (χ2n) is 7.24. The summed E-state index contributed by atoms with van der Waals surface area (Å²) < 4.78 is 10.3. The fraction of sp³-hybridized carbons (Fsp3) is 0.120. The maximum absolute atomic E-state index is 13.0. The monoisotopic (exact) mass is 429 g/mol. The first-order valence-corrected chi connectivity index (χ1v) is 9.83. The van der Waals surface area contributed by atoms with E-state index in [9.17, 15) is 19.2 Å². The summed E-state index contributed by atoms with van der Waals surface area (Å²) in [6.45, 7) is 1.28. The Morgan fingerprint density at radius 3 is 2.28 bits per heavy atom. The molecule has 0 atom stereocenters. The second kappa shape index (κ2) is 8.47. The van der Waals surface area contributed by atoms with E-state index < -0.39 is 18.5 Å². The van der Waals surface area contributed by atoms with Gasteiger partial charge in [-0.15, -0.1) is 0 Å². The molecular weight excluding hydrogens is 410 g/mol. The van der Waals surface area contributed by atoms with Crippen molar-refractivity contribution >= 4 is 29.1 Å². The van der Waals surface area contributed by atoms with E-state index in [0.29, 0.717) is 11.3 Å². The zero-order chi connectivity index (χ0) is 22.8. The Bertz CT molecular complexity index is 1280. The molecule has 0 aromatic heterocycles. The lowest BCUT2D eigenvalue weighted by molar-refractivity contribution is -0.119. The van der Waals surface area contributed by atoms with Gasteiger partial charge in [-0.1, -0.05) is 42.5 Å². The zero-order valence-corrected chi connectivity index (χ0v) is 17.4. The molecular formula is C25H19NO6. The lowest BCUT2D eigenvalue weighted by Gasteiger charge is -2.20. The summed E-state index contributed by atoms with van der Waals surface area (Å²) in [5.41, 5.74) is 2.25. The largest absolute Gasteiger partial charge is 0.496 e. The van der Waals surface area contributed by atoms with Crippen LogP contribution in [0.3, 0.4) is 0 Å². The smallest absolute Gasteiger partial charge is 0.338 e. The van der Waals surface area contributed by atoms with E-state index in [1.165, 1.54) is 19.2 Å². The van der Waals surface area contributed by atoms with Crippen molar-refractivity contribution < 1.29 is 28.7 Å². The molecule has 0 aliphatic heterocycles. The standard InChI is InChI=1S/C25H19NO6/c1-14-10-11-15(12-20(14)31-2)25(30)32-13-21(27)26-19-9-5-8-18-22(19)24(29)17-7-4-3-6-16(17)23(18)28/h3-12H,13H2,1-2H3,(H,26,27). The summed E-state index contributed by atoms with van der Waals surface area (Å²) in [5.74, 6) is -1.43. The van der Waals surface area contributed by atoms with E-state index >= 15 is 0 Å². The highest BCUT2D eigenvalue weighted by atomic mass is 16.5. The number of ketones is 2. The average molecular weight is 429 g/mol. The van der Waals surface area contributed by atoms with Gasteiger partial charge in [-0.2, -0.15) is 0 Å². The Kier molecular flexibility index (Phi) is 5.55. The number of carbonyl (C=O) groups is 4. The zero-order valence-electron chi connectivity index (χ0n) is 17.4. The number of nitrogens with one attached hydrogen (secondary N) is 1. The van der Waals surface area contributed by atoms with Gasteiger partial charge >= 0.3 is 5.97 Å². The summed E-state index contributed by atoms with van der Waals surface area (Å²) in [5, 5.41) is 2.58. The molecule has 0 spiro atoms. The van der Waals surface area contributed by atoms with Gasteiger partial charge in [0.05, 0.1) is 23.9 Å². The minimum atomic E-state index is -0.686. The molecule has 3 aromatic carbocycles. The molecule has 1 amide bonds. The van der Waals surface area contributed by atoms with Gasteiger partial charge in [0.1, 0.15) is 5.75 Å². The molecule has 0 saturated carbocycles. The molecule has 0 unspecified atom stereocenters. The lowest BCUT2D eigenvalue weighted by atomic mass is 9.83. The predicted octanol–water partition coefficient (Wildman–Crippen LogP) is 3.57. The van der Waals surface area contributed by atoms with Crippen molar-refractivity contribution in [1.82, 2.24) is 0 Å². The van der Waals surface area contributed by atoms with Gasteiger partial charge in [0.25, 0.3) is 5.91 Å². The van der Waals surface area contributed by atoms with Gasteiger partial charge in [-0.3, -0.25) is 14.4 Å². The van der Waals surface area contributed by atoms with Crippen LogP contribution in [0.1, 0.15) is 47.8 Å². The van der Waals surface area contributed by atoms with E-state index in [4.69, 9.17) is 9.47 Å². The summed E-state index contributed by atoms with van der Waals surface area (Å²) in [6, 6.07) is 16.0. The number of carbonyl (C=O) groups excluding carboxylic acids is 4. The number of ether oxygens (including phenoxy) is 2. The molecule has 3 aromatic rings. The van der Waals surface area contributed by atoms with E-state index in [2.05, 4.69) is 5.32 Å². The van der Waals surface area contributed by atoms with Crippen LogP contribution >= 0.6 is 0 Å². The highest BCUT2D eigenvalue weighted by Crippen LogP contribution is 2.31. The minimum Gasteiger partial charge on any atom is -0.496 e. The predicted molar refractivity (Wildman–Crippen MR) is 116 cm³/mol. The van der Waals surface area contributed by atoms with Crippen LogP contribution in [-0.4, -0.2) is 37.2 Å². The van der Waals surface area contributed by atoms with Crippen LogP contribution in [0.25, 0.3) is 0 Å². The van der Waals surface area contributed by atoms with E-state index in [1.807, 2.05) is 6.92 Å². The second-order valence-corrected chi connectivity index (χ2v) is 7.24. The fourth-order valence-electron chi connectivity index (χ4n) is 3.60. The van der Waals surface area contributed by atoms with E-state index in [-0.39, 0.29) is 39.5 Å². The first-order valence-electron chi connectivity index (χ1n) is 9.83. The number of aryl methyl sites for hydroxylation is 1. The van der Waals surface area contributed by atoms with Crippen LogP contribution in [0.4, 0.5) is 5.69 Å². The number of hydrogen-bond donors (Lipinski definition) is 1. The molecule has 4 rings (SSSR count). The van der Waals surface area contributed by atoms with Gasteiger partial charge in [-0.25, -0.2) is 4.79 Å². The molecule has 0 radical (unpaired) electrons. The SMILES string of the molecule is COc1cc(C(=O)OCC(=O)Nc2cccc3c2C(=O)c2ccccc2C3=O)ccc1C. The lowest BCUT2D eigenvalue weighted by Crippen LogP contribution is -2.26. The van der Waals surface area contributed by atoms with Crippen molar-refractivity contribution in [3.8, 4) is 5.75 Å². The number of rotatable bonds is 5. The first-order chi connectivity index (χ1) is 15.4. The number of methoxy groups -OCH3 is 1. The molecule has 32 heavy (non-hydrogen) atoms. The third-order valence-electron chi connectivity index (χ3n) is 5.20. The minimum absolute atomic E-state index is 0.124. The summed E-state index contributed by atoms with van der Waals surface area (Å²) in [6.07, 6.45) is 0. The Balaban J connectivity index is 1.50. The van der Waals surface area contributed by atoms with E-state index in [0.717, 1.165) is 5.56 Å². The van der Waals surface area contributed by atoms with Crippen LogP contribution in [-0.2, 0) is 9.53 Å². The molecule has 1 N–H and O–H groups in total. The maximum Gasteiger partial charge on any atom is 0.338 e. The molecule has 0 saturated heterocycles. The van der Waals surface area contributed by atoms with Gasteiger partial charge in [0.2, 0.25) is 0 Å². The molecule has 0 heterocycles. The number of amides is 1. The topological polar surface area (TPSA) is 98.8 Å². The third kappa shape index (κ3) is 3.76. The van der Waals surface area contributed by atoms with Crippen molar-refractivity contribution in [3.05, 3.63) is 94.0 Å². The number of hydrogen-bond acceptors (Lipinski definition) is 6. The normalized spacial score (nSPS) is 11.9. The van der Waals surface area contributed by atoms with Gasteiger partial charge in [0, 0.05) is 16.7 Å². The van der Waals surface area contributed by atoms with Crippen LogP contribution in [0, 0.1) is 6.92 Å². The highest BCUT2D eigenvalue weighted by molar-refractivity contribution is 6.30. The Hall–Kier alpha value is -4.26. The van der Waals surface area contributed by atoms with Crippen LogP contribution in [0.5, 0.6) is 5.75 Å². The van der Waals surface area contributed by atoms with Gasteiger partial charge in [0.15, 0.2) is 18.2 Å². The average Bonchev–Trinajstić information content (AvgIpc) is 2.81. The Morgan fingerprint density at radius 1 is 0.875 bits per heavy atom. The summed E-state index contributed by atoms with van der Waals surface area (Å²) in [7, 11) is 1.50.